The Bertz CT molecular complexity index is 399. The molecule has 0 saturated carbocycles. The monoisotopic (exact) mass is 293 g/mol. The van der Waals surface area contributed by atoms with Gasteiger partial charge in [0.1, 0.15) is 0 Å². The van der Waals surface area contributed by atoms with Crippen LogP contribution in [0.3, 0.4) is 0 Å². The molecule has 1 unspecified atom stereocenters. The lowest BCUT2D eigenvalue weighted by Crippen LogP contribution is -2.48. The van der Waals surface area contributed by atoms with E-state index in [-0.39, 0.29) is 11.1 Å². The molecular formula is C20H39N. The zero-order valence-corrected chi connectivity index (χ0v) is 16.5. The fourth-order valence-corrected chi connectivity index (χ4v) is 3.73. The Hall–Kier alpha value is -0.300. The maximum absolute atomic E-state index is 2.55. The van der Waals surface area contributed by atoms with Gasteiger partial charge < -0.3 is 0 Å². The highest BCUT2D eigenvalue weighted by Gasteiger charge is 2.47. The van der Waals surface area contributed by atoms with E-state index < -0.39 is 0 Å². The van der Waals surface area contributed by atoms with Crippen LogP contribution in [0.25, 0.3) is 0 Å². The second-order valence-electron chi connectivity index (χ2n) is 10.4. The van der Waals surface area contributed by atoms with E-state index in [1.807, 2.05) is 0 Å². The molecule has 1 aliphatic heterocycles. The van der Waals surface area contributed by atoms with Crippen molar-refractivity contribution in [3.05, 3.63) is 11.6 Å². The molecule has 1 rings (SSSR count). The van der Waals surface area contributed by atoms with Gasteiger partial charge in [-0.05, 0) is 69.9 Å². The van der Waals surface area contributed by atoms with Gasteiger partial charge in [-0.15, -0.1) is 0 Å². The highest BCUT2D eigenvalue weighted by molar-refractivity contribution is 5.33. The topological polar surface area (TPSA) is 3.24 Å². The molecule has 124 valence electrons. The lowest BCUT2D eigenvalue weighted by molar-refractivity contribution is 0.110. The van der Waals surface area contributed by atoms with Crippen LogP contribution in [-0.2, 0) is 0 Å². The maximum Gasteiger partial charge on any atom is 0.0372 e. The van der Waals surface area contributed by atoms with Crippen LogP contribution in [0.15, 0.2) is 11.6 Å². The van der Waals surface area contributed by atoms with Crippen LogP contribution in [0.4, 0.5) is 0 Å². The summed E-state index contributed by atoms with van der Waals surface area (Å²) in [5, 5.41) is 0. The molecule has 0 aromatic heterocycles. The molecule has 0 N–H and O–H groups in total. The van der Waals surface area contributed by atoms with Gasteiger partial charge in [-0.1, -0.05) is 47.6 Å². The van der Waals surface area contributed by atoms with E-state index in [0.29, 0.717) is 16.7 Å². The average molecular weight is 294 g/mol. The largest absolute Gasteiger partial charge is 0.289 e. The van der Waals surface area contributed by atoms with Crippen LogP contribution in [0.2, 0.25) is 0 Å². The predicted molar refractivity (Wildman–Crippen MR) is 95.6 cm³/mol. The first-order valence-corrected chi connectivity index (χ1v) is 8.56. The minimum atomic E-state index is 0.152. The van der Waals surface area contributed by atoms with Crippen molar-refractivity contribution in [1.82, 2.24) is 4.90 Å². The fourth-order valence-electron chi connectivity index (χ4n) is 3.73. The van der Waals surface area contributed by atoms with Gasteiger partial charge in [0.2, 0.25) is 0 Å². The highest BCUT2D eigenvalue weighted by atomic mass is 15.2. The van der Waals surface area contributed by atoms with Crippen molar-refractivity contribution in [2.75, 3.05) is 7.05 Å². The van der Waals surface area contributed by atoms with Crippen LogP contribution in [0, 0.1) is 16.7 Å². The summed E-state index contributed by atoms with van der Waals surface area (Å²) in [5.74, 6) is 0.649. The third kappa shape index (κ3) is 4.12. The van der Waals surface area contributed by atoms with Crippen molar-refractivity contribution in [3.8, 4) is 0 Å². The smallest absolute Gasteiger partial charge is 0.0372 e. The molecule has 1 atom stereocenters. The van der Waals surface area contributed by atoms with E-state index in [9.17, 15) is 0 Å². The molecule has 1 heteroatoms. The van der Waals surface area contributed by atoms with E-state index in [1.54, 1.807) is 5.57 Å². The molecule has 0 fully saturated rings. The molecule has 0 saturated heterocycles. The Morgan fingerprint density at radius 1 is 1.00 bits per heavy atom. The molecule has 0 spiro atoms. The van der Waals surface area contributed by atoms with Crippen LogP contribution in [0.5, 0.6) is 0 Å². The Morgan fingerprint density at radius 2 is 1.48 bits per heavy atom. The third-order valence-electron chi connectivity index (χ3n) is 5.52. The highest BCUT2D eigenvalue weighted by Crippen LogP contribution is 2.49. The Kier molecular flexibility index (Phi) is 4.83. The van der Waals surface area contributed by atoms with Crippen molar-refractivity contribution < 1.29 is 0 Å². The van der Waals surface area contributed by atoms with E-state index in [0.717, 1.165) is 0 Å². The number of hydrogen-bond acceptors (Lipinski definition) is 1. The lowest BCUT2D eigenvalue weighted by atomic mass is 9.67. The van der Waals surface area contributed by atoms with Crippen molar-refractivity contribution in [3.63, 3.8) is 0 Å². The molecule has 0 amide bonds. The summed E-state index contributed by atoms with van der Waals surface area (Å²) in [7, 11) is 2.27. The predicted octanol–water partition coefficient (Wildman–Crippen LogP) is 5.90. The van der Waals surface area contributed by atoms with E-state index in [4.69, 9.17) is 0 Å². The Balaban J connectivity index is 3.16. The van der Waals surface area contributed by atoms with Gasteiger partial charge in [0.05, 0.1) is 0 Å². The minimum absolute atomic E-state index is 0.152. The zero-order valence-electron chi connectivity index (χ0n) is 16.5. The van der Waals surface area contributed by atoms with Crippen molar-refractivity contribution in [2.45, 2.75) is 93.2 Å². The molecule has 1 aliphatic rings. The molecule has 0 aromatic carbocycles. The van der Waals surface area contributed by atoms with E-state index >= 15 is 0 Å². The third-order valence-corrected chi connectivity index (χ3v) is 5.52. The van der Waals surface area contributed by atoms with E-state index in [1.165, 1.54) is 12.8 Å². The Labute approximate surface area is 134 Å². The van der Waals surface area contributed by atoms with E-state index in [2.05, 4.69) is 87.3 Å². The molecule has 1 nitrogen and oxygen atoms in total. The number of rotatable bonds is 3. The first-order chi connectivity index (χ1) is 9.09. The van der Waals surface area contributed by atoms with Crippen molar-refractivity contribution in [1.29, 1.82) is 0 Å². The second kappa shape index (κ2) is 5.41. The molecule has 21 heavy (non-hydrogen) atoms. The number of likely N-dealkylation sites (N-methyl/N-ethyl adjacent to an activating group) is 1. The first-order valence-electron chi connectivity index (χ1n) is 8.56. The summed E-state index contributed by atoms with van der Waals surface area (Å²) >= 11 is 0. The van der Waals surface area contributed by atoms with Crippen LogP contribution < -0.4 is 0 Å². The number of hydrogen-bond donors (Lipinski definition) is 0. The second-order valence-corrected chi connectivity index (χ2v) is 10.4. The maximum atomic E-state index is 2.55. The summed E-state index contributed by atoms with van der Waals surface area (Å²) in [6.07, 6.45) is 5.12. The number of nitrogens with zero attached hydrogens (tertiary/aromatic N) is 1. The Morgan fingerprint density at radius 3 is 1.76 bits per heavy atom. The summed E-state index contributed by atoms with van der Waals surface area (Å²) in [6, 6.07) is 0. The molecule has 1 heterocycles. The van der Waals surface area contributed by atoms with Crippen molar-refractivity contribution >= 4 is 0 Å². The van der Waals surface area contributed by atoms with Gasteiger partial charge in [0.15, 0.2) is 0 Å². The molecular weight excluding hydrogens is 254 g/mol. The normalized spacial score (nSPS) is 24.0. The lowest BCUT2D eigenvalue weighted by Gasteiger charge is -2.43. The molecule has 0 aliphatic carbocycles. The quantitative estimate of drug-likeness (QED) is 0.585. The van der Waals surface area contributed by atoms with Gasteiger partial charge in [-0.25, -0.2) is 0 Å². The zero-order chi connectivity index (χ0) is 16.9. The SMILES string of the molecule is CN1C(C)(C)C=C(C(CCC(C)(C)C)C(C)(C)C)C1(C)C. The first kappa shape index (κ1) is 18.7. The van der Waals surface area contributed by atoms with Crippen molar-refractivity contribution in [2.24, 2.45) is 16.7 Å². The van der Waals surface area contributed by atoms with Crippen LogP contribution in [0.1, 0.15) is 82.1 Å². The van der Waals surface area contributed by atoms with Gasteiger partial charge in [0.25, 0.3) is 0 Å². The molecule has 0 bridgehead atoms. The molecule has 0 radical (unpaired) electrons. The summed E-state index contributed by atoms with van der Waals surface area (Å²) in [6.45, 7) is 23.8. The fraction of sp³-hybridized carbons (Fsp3) is 0.900. The van der Waals surface area contributed by atoms with Gasteiger partial charge >= 0.3 is 0 Å². The standard InChI is InChI=1S/C20H39N/c1-17(2,3)13-12-15(18(4,5)6)16-14-19(7,8)21(11)20(16,9)10/h14-15H,12-13H2,1-11H3. The van der Waals surface area contributed by atoms with Crippen LogP contribution >= 0.6 is 0 Å². The summed E-state index contributed by atoms with van der Waals surface area (Å²) < 4.78 is 0. The van der Waals surface area contributed by atoms with Gasteiger partial charge in [-0.2, -0.15) is 0 Å². The summed E-state index contributed by atoms with van der Waals surface area (Å²) in [4.78, 5) is 2.53. The minimum Gasteiger partial charge on any atom is -0.289 e. The average Bonchev–Trinajstić information content (AvgIpc) is 2.36. The van der Waals surface area contributed by atoms with Gasteiger partial charge in [0, 0.05) is 11.1 Å². The van der Waals surface area contributed by atoms with Gasteiger partial charge in [-0.3, -0.25) is 4.90 Å². The summed E-state index contributed by atoms with van der Waals surface area (Å²) in [5.41, 5.74) is 2.68. The molecule has 0 aromatic rings. The van der Waals surface area contributed by atoms with Crippen LogP contribution in [-0.4, -0.2) is 23.0 Å².